The predicted molar refractivity (Wildman–Crippen MR) is 113 cm³/mol. The van der Waals surface area contributed by atoms with Crippen LogP contribution in [-0.4, -0.2) is 66.6 Å². The van der Waals surface area contributed by atoms with Crippen molar-refractivity contribution in [2.75, 3.05) is 6.54 Å². The van der Waals surface area contributed by atoms with Crippen LogP contribution >= 0.6 is 11.6 Å². The number of nitrogens with one attached hydrogen (secondary N) is 3. The molecule has 0 bridgehead atoms. The number of carbonyl (C=O) groups excluding carboxylic acids is 1. The zero-order valence-electron chi connectivity index (χ0n) is 18.4. The summed E-state index contributed by atoms with van der Waals surface area (Å²) in [5, 5.41) is 7.51. The van der Waals surface area contributed by atoms with Crippen molar-refractivity contribution in [3.63, 3.8) is 0 Å². The SMILES string of the molecule is CC1NC(C(F)(F)F)CC1NC(=NCC1CCC(F)CC1Cl)NC(=O)C1CCC(F)C(F)C1. The molecule has 12 heteroatoms. The third-order valence-electron chi connectivity index (χ3n) is 6.91. The molecule has 0 aromatic heterocycles. The monoisotopic (exact) mass is 504 g/mol. The minimum atomic E-state index is -4.41. The van der Waals surface area contributed by atoms with Crippen molar-refractivity contribution in [1.29, 1.82) is 0 Å². The van der Waals surface area contributed by atoms with Gasteiger partial charge in [0, 0.05) is 29.9 Å². The molecule has 0 spiro atoms. The van der Waals surface area contributed by atoms with E-state index in [2.05, 4.69) is 20.9 Å². The molecule has 1 heterocycles. The maximum absolute atomic E-state index is 13.8. The van der Waals surface area contributed by atoms with Gasteiger partial charge in [0.25, 0.3) is 0 Å². The van der Waals surface area contributed by atoms with E-state index in [1.54, 1.807) is 6.92 Å². The van der Waals surface area contributed by atoms with Gasteiger partial charge in [0.2, 0.25) is 5.91 Å². The molecular weight excluding hydrogens is 474 g/mol. The van der Waals surface area contributed by atoms with E-state index in [1.165, 1.54) is 0 Å². The molecule has 33 heavy (non-hydrogen) atoms. The molecule has 9 unspecified atom stereocenters. The highest BCUT2D eigenvalue weighted by Gasteiger charge is 2.47. The number of hydrogen-bond acceptors (Lipinski definition) is 3. The molecule has 3 N–H and O–H groups in total. The van der Waals surface area contributed by atoms with Gasteiger partial charge >= 0.3 is 6.18 Å². The molecule has 1 aliphatic heterocycles. The van der Waals surface area contributed by atoms with Crippen LogP contribution in [0.1, 0.15) is 51.9 Å². The summed E-state index contributed by atoms with van der Waals surface area (Å²) in [6, 6.07) is -2.92. The zero-order valence-corrected chi connectivity index (χ0v) is 19.1. The lowest BCUT2D eigenvalue weighted by Crippen LogP contribution is -2.51. The third kappa shape index (κ3) is 7.13. The number of nitrogens with zero attached hydrogens (tertiary/aromatic N) is 1. The van der Waals surface area contributed by atoms with E-state index in [0.717, 1.165) is 0 Å². The summed E-state index contributed by atoms with van der Waals surface area (Å²) in [6.45, 7) is 1.75. The first kappa shape index (κ1) is 26.4. The van der Waals surface area contributed by atoms with Crippen molar-refractivity contribution in [3.8, 4) is 0 Å². The van der Waals surface area contributed by atoms with Crippen LogP contribution in [0.15, 0.2) is 4.99 Å². The van der Waals surface area contributed by atoms with Crippen molar-refractivity contribution in [1.82, 2.24) is 16.0 Å². The molecule has 1 saturated heterocycles. The van der Waals surface area contributed by atoms with Crippen LogP contribution in [0.25, 0.3) is 0 Å². The van der Waals surface area contributed by atoms with Crippen LogP contribution in [0, 0.1) is 11.8 Å². The Balaban J connectivity index is 1.68. The Labute approximate surface area is 194 Å². The topological polar surface area (TPSA) is 65.5 Å². The first-order chi connectivity index (χ1) is 15.4. The molecule has 9 atom stereocenters. The Hall–Kier alpha value is -1.23. The number of halogens is 7. The number of hydrogen-bond donors (Lipinski definition) is 3. The van der Waals surface area contributed by atoms with Gasteiger partial charge in [0.05, 0.1) is 0 Å². The highest BCUT2D eigenvalue weighted by Crippen LogP contribution is 2.32. The van der Waals surface area contributed by atoms with Gasteiger partial charge in [-0.05, 0) is 57.8 Å². The zero-order chi connectivity index (χ0) is 24.3. The minimum absolute atomic E-state index is 0.0227. The van der Waals surface area contributed by atoms with Gasteiger partial charge in [0.15, 0.2) is 5.96 Å². The molecule has 2 aliphatic carbocycles. The maximum atomic E-state index is 13.8. The lowest BCUT2D eigenvalue weighted by atomic mass is 9.86. The number of alkyl halides is 7. The summed E-state index contributed by atoms with van der Waals surface area (Å²) >= 11 is 6.25. The fraction of sp³-hybridized carbons (Fsp3) is 0.905. The molecule has 1 amide bonds. The van der Waals surface area contributed by atoms with Crippen molar-refractivity contribution < 1.29 is 31.1 Å². The van der Waals surface area contributed by atoms with Crippen molar-refractivity contribution >= 4 is 23.5 Å². The van der Waals surface area contributed by atoms with E-state index in [9.17, 15) is 31.1 Å². The normalized spacial score (nSPS) is 40.5. The Morgan fingerprint density at radius 3 is 2.39 bits per heavy atom. The Morgan fingerprint density at radius 1 is 1.06 bits per heavy atom. The first-order valence-electron chi connectivity index (χ1n) is 11.4. The second kappa shape index (κ2) is 11.0. The average molecular weight is 505 g/mol. The van der Waals surface area contributed by atoms with Crippen LogP contribution in [0.4, 0.5) is 26.3 Å². The highest BCUT2D eigenvalue weighted by molar-refractivity contribution is 6.20. The Kier molecular flexibility index (Phi) is 8.80. The summed E-state index contributed by atoms with van der Waals surface area (Å²) in [6.07, 6.45) is -8.11. The van der Waals surface area contributed by atoms with Gasteiger partial charge in [-0.2, -0.15) is 13.2 Å². The van der Waals surface area contributed by atoms with E-state index in [-0.39, 0.29) is 50.5 Å². The molecule has 2 saturated carbocycles. The van der Waals surface area contributed by atoms with Gasteiger partial charge in [-0.25, -0.2) is 13.2 Å². The van der Waals surface area contributed by atoms with Crippen molar-refractivity contribution in [2.45, 2.75) is 100 Å². The summed E-state index contributed by atoms with van der Waals surface area (Å²) in [4.78, 5) is 17.1. The second-order valence-electron chi connectivity index (χ2n) is 9.44. The molecular formula is C21H31ClF6N4O. The summed E-state index contributed by atoms with van der Waals surface area (Å²) in [7, 11) is 0. The van der Waals surface area contributed by atoms with Gasteiger partial charge in [-0.15, -0.1) is 11.6 Å². The third-order valence-corrected chi connectivity index (χ3v) is 7.44. The summed E-state index contributed by atoms with van der Waals surface area (Å²) < 4.78 is 80.1. The van der Waals surface area contributed by atoms with E-state index in [0.29, 0.717) is 12.8 Å². The average Bonchev–Trinajstić information content (AvgIpc) is 3.10. The summed E-state index contributed by atoms with van der Waals surface area (Å²) in [5.74, 6) is -1.49. The number of guanidine groups is 1. The standard InChI is InChI=1S/C21H31ClF6N4O/c1-10-17(8-18(30-10)21(26,27)28)31-20(29-9-12-2-4-13(23)7-14(12)22)32-19(33)11-3-5-15(24)16(25)6-11/h10-18,30H,2-9H2,1H3,(H2,29,31,32,33). The fourth-order valence-corrected chi connectivity index (χ4v) is 5.15. The second-order valence-corrected chi connectivity index (χ2v) is 10.0. The Bertz CT molecular complexity index is 711. The molecule has 190 valence electrons. The van der Waals surface area contributed by atoms with E-state index in [4.69, 9.17) is 11.6 Å². The van der Waals surface area contributed by atoms with Gasteiger partial charge in [0.1, 0.15) is 24.6 Å². The van der Waals surface area contributed by atoms with E-state index in [1.807, 2.05) is 0 Å². The minimum Gasteiger partial charge on any atom is -0.352 e. The first-order valence-corrected chi connectivity index (χ1v) is 11.9. The lowest BCUT2D eigenvalue weighted by molar-refractivity contribution is -0.152. The molecule has 3 rings (SSSR count). The van der Waals surface area contributed by atoms with Gasteiger partial charge in [-0.1, -0.05) is 0 Å². The van der Waals surface area contributed by atoms with Crippen LogP contribution < -0.4 is 16.0 Å². The quantitative estimate of drug-likeness (QED) is 0.235. The molecule has 0 aromatic carbocycles. The predicted octanol–water partition coefficient (Wildman–Crippen LogP) is 3.95. The largest absolute Gasteiger partial charge is 0.403 e. The number of amides is 1. The molecule has 0 aromatic rings. The number of aliphatic imine (C=N–C) groups is 1. The fourth-order valence-electron chi connectivity index (χ4n) is 4.75. The smallest absolute Gasteiger partial charge is 0.352 e. The van der Waals surface area contributed by atoms with Gasteiger partial charge < -0.3 is 10.6 Å². The van der Waals surface area contributed by atoms with Crippen LogP contribution in [0.5, 0.6) is 0 Å². The highest BCUT2D eigenvalue weighted by atomic mass is 35.5. The summed E-state index contributed by atoms with van der Waals surface area (Å²) in [5.41, 5.74) is 0. The molecule has 3 fully saturated rings. The lowest BCUT2D eigenvalue weighted by Gasteiger charge is -2.29. The van der Waals surface area contributed by atoms with Crippen molar-refractivity contribution in [3.05, 3.63) is 0 Å². The van der Waals surface area contributed by atoms with Gasteiger partial charge in [-0.3, -0.25) is 15.1 Å². The molecule has 0 radical (unpaired) electrons. The molecule has 5 nitrogen and oxygen atoms in total. The van der Waals surface area contributed by atoms with Crippen molar-refractivity contribution in [2.24, 2.45) is 16.8 Å². The number of carbonyl (C=O) groups is 1. The Morgan fingerprint density at radius 2 is 1.79 bits per heavy atom. The number of rotatable bonds is 4. The van der Waals surface area contributed by atoms with Crippen LogP contribution in [-0.2, 0) is 4.79 Å². The van der Waals surface area contributed by atoms with Crippen LogP contribution in [0.3, 0.4) is 0 Å². The van der Waals surface area contributed by atoms with E-state index < -0.39 is 60.0 Å². The van der Waals surface area contributed by atoms with E-state index >= 15 is 0 Å². The van der Waals surface area contributed by atoms with Crippen LogP contribution in [0.2, 0.25) is 0 Å². The maximum Gasteiger partial charge on any atom is 0.403 e. The molecule has 3 aliphatic rings.